The molecule has 1 aliphatic rings. The Bertz CT molecular complexity index is 614. The van der Waals surface area contributed by atoms with Crippen LogP contribution in [0.25, 0.3) is 0 Å². The van der Waals surface area contributed by atoms with Gasteiger partial charge in [-0.15, -0.1) is 0 Å². The number of hydrogen-bond donors (Lipinski definition) is 2. The molecule has 0 unspecified atom stereocenters. The van der Waals surface area contributed by atoms with Crippen molar-refractivity contribution >= 4 is 6.03 Å². The van der Waals surface area contributed by atoms with E-state index in [4.69, 9.17) is 9.15 Å². The predicted molar refractivity (Wildman–Crippen MR) is 87.2 cm³/mol. The number of furan rings is 1. The Balaban J connectivity index is 1.56. The van der Waals surface area contributed by atoms with Crippen LogP contribution in [0.1, 0.15) is 29.3 Å². The number of amides is 2. The van der Waals surface area contributed by atoms with Crippen molar-refractivity contribution in [3.63, 3.8) is 0 Å². The first-order chi connectivity index (χ1) is 11.3. The summed E-state index contributed by atoms with van der Waals surface area (Å²) in [7, 11) is 1.65. The molecule has 5 heteroatoms. The number of rotatable bonds is 6. The van der Waals surface area contributed by atoms with Crippen molar-refractivity contribution in [3.8, 4) is 0 Å². The normalized spacial score (nSPS) is 15.2. The summed E-state index contributed by atoms with van der Waals surface area (Å²) in [6.45, 7) is 0.556. The number of methoxy groups -OCH3 is 1. The zero-order chi connectivity index (χ0) is 16.1. The molecule has 23 heavy (non-hydrogen) atoms. The molecular weight excluding hydrogens is 292 g/mol. The number of carbonyl (C=O) groups excluding carboxylic acids is 1. The molecule has 1 aromatic heterocycles. The molecule has 0 fully saturated rings. The zero-order valence-electron chi connectivity index (χ0n) is 13.2. The number of hydrogen-bond acceptors (Lipinski definition) is 3. The van der Waals surface area contributed by atoms with E-state index >= 15 is 0 Å². The third-order valence-electron chi connectivity index (χ3n) is 4.19. The van der Waals surface area contributed by atoms with Crippen molar-refractivity contribution in [1.29, 1.82) is 0 Å². The van der Waals surface area contributed by atoms with Crippen LogP contribution in [-0.4, -0.2) is 25.8 Å². The maximum absolute atomic E-state index is 12.3. The average Bonchev–Trinajstić information content (AvgIpc) is 3.20. The number of urea groups is 1. The van der Waals surface area contributed by atoms with Gasteiger partial charge in [0.05, 0.1) is 12.3 Å². The van der Waals surface area contributed by atoms with E-state index in [0.717, 1.165) is 18.6 Å². The Labute approximate surface area is 136 Å². The van der Waals surface area contributed by atoms with Crippen molar-refractivity contribution in [2.24, 2.45) is 0 Å². The zero-order valence-corrected chi connectivity index (χ0v) is 13.2. The molecule has 0 aliphatic heterocycles. The summed E-state index contributed by atoms with van der Waals surface area (Å²) in [5.74, 6) is 0.743. The van der Waals surface area contributed by atoms with Crippen LogP contribution in [0.3, 0.4) is 0 Å². The molecule has 1 heterocycles. The molecule has 1 aliphatic carbocycles. The van der Waals surface area contributed by atoms with Crippen LogP contribution in [0.4, 0.5) is 4.79 Å². The SMILES string of the molecule is COCC[C@@H](NC(=O)NC1Cc2ccccc2C1)c1ccco1. The molecule has 3 rings (SSSR count). The van der Waals surface area contributed by atoms with Gasteiger partial charge in [-0.05, 0) is 42.5 Å². The van der Waals surface area contributed by atoms with Gasteiger partial charge in [0.1, 0.15) is 5.76 Å². The molecule has 1 aromatic carbocycles. The fourth-order valence-corrected chi connectivity index (χ4v) is 3.06. The van der Waals surface area contributed by atoms with Gasteiger partial charge in [0, 0.05) is 19.8 Å². The van der Waals surface area contributed by atoms with Crippen LogP contribution in [0.5, 0.6) is 0 Å². The molecule has 5 nitrogen and oxygen atoms in total. The molecule has 2 N–H and O–H groups in total. The van der Waals surface area contributed by atoms with Crippen LogP contribution in [0.2, 0.25) is 0 Å². The lowest BCUT2D eigenvalue weighted by Gasteiger charge is -2.19. The molecule has 0 radical (unpaired) electrons. The third kappa shape index (κ3) is 3.93. The van der Waals surface area contributed by atoms with Crippen LogP contribution in [0.15, 0.2) is 47.1 Å². The minimum atomic E-state index is -0.186. The second kappa shape index (κ2) is 7.33. The molecule has 122 valence electrons. The lowest BCUT2D eigenvalue weighted by atomic mass is 10.1. The monoisotopic (exact) mass is 314 g/mol. The first kappa shape index (κ1) is 15.6. The molecule has 2 amide bonds. The standard InChI is InChI=1S/C18H22N2O3/c1-22-10-8-16(17-7-4-9-23-17)20-18(21)19-15-11-13-5-2-3-6-14(13)12-15/h2-7,9,15-16H,8,10-12H2,1H3,(H2,19,20,21)/t16-/m1/s1. The highest BCUT2D eigenvalue weighted by Gasteiger charge is 2.24. The van der Waals surface area contributed by atoms with Gasteiger partial charge in [0.25, 0.3) is 0 Å². The summed E-state index contributed by atoms with van der Waals surface area (Å²) in [5, 5.41) is 6.05. The fraction of sp³-hybridized carbons (Fsp3) is 0.389. The lowest BCUT2D eigenvalue weighted by Crippen LogP contribution is -2.44. The summed E-state index contributed by atoms with van der Waals surface area (Å²) < 4.78 is 10.5. The summed E-state index contributed by atoms with van der Waals surface area (Å²) >= 11 is 0. The first-order valence-corrected chi connectivity index (χ1v) is 7.92. The van der Waals surface area contributed by atoms with Gasteiger partial charge < -0.3 is 19.8 Å². The topological polar surface area (TPSA) is 63.5 Å². The largest absolute Gasteiger partial charge is 0.467 e. The number of nitrogens with one attached hydrogen (secondary N) is 2. The highest BCUT2D eigenvalue weighted by atomic mass is 16.5. The molecule has 0 bridgehead atoms. The fourth-order valence-electron chi connectivity index (χ4n) is 3.06. The van der Waals surface area contributed by atoms with Crippen molar-refractivity contribution < 1.29 is 13.9 Å². The lowest BCUT2D eigenvalue weighted by molar-refractivity contribution is 0.177. The van der Waals surface area contributed by atoms with E-state index in [1.807, 2.05) is 24.3 Å². The Kier molecular flexibility index (Phi) is 4.98. The van der Waals surface area contributed by atoms with Crippen LogP contribution in [-0.2, 0) is 17.6 Å². The van der Waals surface area contributed by atoms with Crippen molar-refractivity contribution in [2.75, 3.05) is 13.7 Å². The van der Waals surface area contributed by atoms with Gasteiger partial charge >= 0.3 is 6.03 Å². The maximum Gasteiger partial charge on any atom is 0.315 e. The average molecular weight is 314 g/mol. The summed E-state index contributed by atoms with van der Waals surface area (Å²) in [4.78, 5) is 12.3. The van der Waals surface area contributed by atoms with Crippen LogP contribution in [0, 0.1) is 0 Å². The molecule has 0 spiro atoms. The van der Waals surface area contributed by atoms with Gasteiger partial charge in [0.15, 0.2) is 0 Å². The van der Waals surface area contributed by atoms with E-state index in [1.54, 1.807) is 13.4 Å². The van der Waals surface area contributed by atoms with Gasteiger partial charge in [-0.3, -0.25) is 0 Å². The Morgan fingerprint density at radius 1 is 1.26 bits per heavy atom. The number of carbonyl (C=O) groups is 1. The molecule has 1 atom stereocenters. The maximum atomic E-state index is 12.3. The van der Waals surface area contributed by atoms with Gasteiger partial charge in [-0.2, -0.15) is 0 Å². The Morgan fingerprint density at radius 2 is 2.00 bits per heavy atom. The summed E-state index contributed by atoms with van der Waals surface area (Å²) in [5.41, 5.74) is 2.64. The predicted octanol–water partition coefficient (Wildman–Crippen LogP) is 2.82. The number of fused-ring (bicyclic) bond motifs is 1. The smallest absolute Gasteiger partial charge is 0.315 e. The molecule has 0 saturated heterocycles. The van der Waals surface area contributed by atoms with Crippen molar-refractivity contribution in [3.05, 3.63) is 59.5 Å². The van der Waals surface area contributed by atoms with Crippen LogP contribution >= 0.6 is 0 Å². The highest BCUT2D eigenvalue weighted by molar-refractivity contribution is 5.75. The van der Waals surface area contributed by atoms with E-state index in [-0.39, 0.29) is 18.1 Å². The molecule has 0 saturated carbocycles. The van der Waals surface area contributed by atoms with Crippen molar-refractivity contribution in [1.82, 2.24) is 10.6 Å². The number of benzene rings is 1. The summed E-state index contributed by atoms with van der Waals surface area (Å²) in [6.07, 6.45) is 4.05. The van der Waals surface area contributed by atoms with Crippen molar-refractivity contribution in [2.45, 2.75) is 31.3 Å². The van der Waals surface area contributed by atoms with Gasteiger partial charge in [-0.1, -0.05) is 24.3 Å². The van der Waals surface area contributed by atoms with E-state index in [2.05, 4.69) is 22.8 Å². The van der Waals surface area contributed by atoms with E-state index in [1.165, 1.54) is 11.1 Å². The number of ether oxygens (including phenoxy) is 1. The minimum Gasteiger partial charge on any atom is -0.467 e. The van der Waals surface area contributed by atoms with E-state index < -0.39 is 0 Å². The summed E-state index contributed by atoms with van der Waals surface area (Å²) in [6, 6.07) is 11.8. The van der Waals surface area contributed by atoms with Gasteiger partial charge in [-0.25, -0.2) is 4.79 Å². The first-order valence-electron chi connectivity index (χ1n) is 7.92. The van der Waals surface area contributed by atoms with E-state index in [9.17, 15) is 4.79 Å². The van der Waals surface area contributed by atoms with Crippen LogP contribution < -0.4 is 10.6 Å². The van der Waals surface area contributed by atoms with E-state index in [0.29, 0.717) is 13.0 Å². The molecule has 2 aromatic rings. The van der Waals surface area contributed by atoms with Gasteiger partial charge in [0.2, 0.25) is 0 Å². The second-order valence-electron chi connectivity index (χ2n) is 5.84. The second-order valence-corrected chi connectivity index (χ2v) is 5.84. The highest BCUT2D eigenvalue weighted by Crippen LogP contribution is 2.22. The minimum absolute atomic E-state index is 0.145. The third-order valence-corrected chi connectivity index (χ3v) is 4.19. The Morgan fingerprint density at radius 3 is 2.61 bits per heavy atom. The molecular formula is C18H22N2O3. The quantitative estimate of drug-likeness (QED) is 0.862. The Hall–Kier alpha value is -2.27.